The van der Waals surface area contributed by atoms with Crippen molar-refractivity contribution in [2.45, 2.75) is 50.9 Å². The van der Waals surface area contributed by atoms with Gasteiger partial charge < -0.3 is 10.0 Å². The van der Waals surface area contributed by atoms with Gasteiger partial charge in [0, 0.05) is 13.1 Å². The van der Waals surface area contributed by atoms with Crippen LogP contribution in [0, 0.1) is 0 Å². The molecule has 0 bridgehead atoms. The Morgan fingerprint density at radius 3 is 2.10 bits per heavy atom. The van der Waals surface area contributed by atoms with Gasteiger partial charge in [-0.15, -0.1) is 0 Å². The van der Waals surface area contributed by atoms with E-state index in [0.717, 1.165) is 19.3 Å². The summed E-state index contributed by atoms with van der Waals surface area (Å²) < 4.78 is 38.6. The van der Waals surface area contributed by atoms with Crippen LogP contribution in [-0.4, -0.2) is 52.7 Å². The molecule has 1 amide bonds. The van der Waals surface area contributed by atoms with E-state index in [1.54, 1.807) is 0 Å². The van der Waals surface area contributed by atoms with Gasteiger partial charge in [0.15, 0.2) is 0 Å². The number of carboxylic acids is 1. The normalized spacial score (nSPS) is 21.1. The zero-order valence-electron chi connectivity index (χ0n) is 11.5. The highest BCUT2D eigenvalue weighted by molar-refractivity contribution is 5.84. The molecule has 2 unspecified atom stereocenters. The topological polar surface area (TPSA) is 69.6 Å². The van der Waals surface area contributed by atoms with E-state index in [0.29, 0.717) is 20.0 Å². The molecule has 5 nitrogen and oxygen atoms in total. The van der Waals surface area contributed by atoms with Gasteiger partial charge in [-0.25, -0.2) is 4.79 Å². The maximum Gasteiger partial charge on any atom is 0.417 e. The first-order valence-corrected chi connectivity index (χ1v) is 6.46. The molecule has 0 aliphatic carbocycles. The Labute approximate surface area is 115 Å². The summed E-state index contributed by atoms with van der Waals surface area (Å²) in [5.41, 5.74) is -3.14. The number of rotatable bonds is 4. The van der Waals surface area contributed by atoms with Gasteiger partial charge in [0.2, 0.25) is 11.4 Å². The Morgan fingerprint density at radius 2 is 1.70 bits per heavy atom. The average Bonchev–Trinajstić information content (AvgIpc) is 2.37. The van der Waals surface area contributed by atoms with E-state index >= 15 is 0 Å². The quantitative estimate of drug-likeness (QED) is 0.822. The summed E-state index contributed by atoms with van der Waals surface area (Å²) >= 11 is 0. The van der Waals surface area contributed by atoms with Crippen molar-refractivity contribution in [3.8, 4) is 0 Å². The fourth-order valence-corrected chi connectivity index (χ4v) is 2.15. The van der Waals surface area contributed by atoms with Gasteiger partial charge in [-0.3, -0.25) is 10.1 Å². The van der Waals surface area contributed by atoms with E-state index in [4.69, 9.17) is 5.11 Å². The zero-order valence-corrected chi connectivity index (χ0v) is 11.5. The van der Waals surface area contributed by atoms with Gasteiger partial charge in [-0.2, -0.15) is 13.2 Å². The number of nitrogens with zero attached hydrogens (tertiary/aromatic N) is 1. The minimum absolute atomic E-state index is 0.499. The lowest BCUT2D eigenvalue weighted by Gasteiger charge is -2.34. The fraction of sp³-hybridized carbons (Fsp3) is 0.833. The van der Waals surface area contributed by atoms with E-state index in [2.05, 4.69) is 0 Å². The molecule has 20 heavy (non-hydrogen) atoms. The Kier molecular flexibility index (Phi) is 5.01. The summed E-state index contributed by atoms with van der Waals surface area (Å²) in [4.78, 5) is 24.4. The average molecular weight is 296 g/mol. The molecular weight excluding hydrogens is 277 g/mol. The van der Waals surface area contributed by atoms with Crippen LogP contribution in [0.4, 0.5) is 13.2 Å². The molecule has 1 saturated heterocycles. The highest BCUT2D eigenvalue weighted by atomic mass is 19.4. The number of hydrogen-bond acceptors (Lipinski definition) is 3. The molecule has 0 aromatic heterocycles. The number of likely N-dealkylation sites (tertiary alicyclic amines) is 1. The minimum Gasteiger partial charge on any atom is -0.480 e. The van der Waals surface area contributed by atoms with Crippen LogP contribution in [-0.2, 0) is 9.59 Å². The van der Waals surface area contributed by atoms with Crippen molar-refractivity contribution in [1.29, 1.82) is 0 Å². The molecule has 1 heterocycles. The third-order valence-corrected chi connectivity index (χ3v) is 3.54. The molecule has 0 spiro atoms. The molecule has 116 valence electrons. The van der Waals surface area contributed by atoms with Gasteiger partial charge in [-0.05, 0) is 33.1 Å². The smallest absolute Gasteiger partial charge is 0.417 e. The van der Waals surface area contributed by atoms with Crippen LogP contribution in [0.5, 0.6) is 0 Å². The third-order valence-electron chi connectivity index (χ3n) is 3.54. The van der Waals surface area contributed by atoms with E-state index in [1.165, 1.54) is 11.8 Å². The van der Waals surface area contributed by atoms with Gasteiger partial charge in [0.05, 0.1) is 6.04 Å². The van der Waals surface area contributed by atoms with Crippen LogP contribution in [0.2, 0.25) is 0 Å². The van der Waals surface area contributed by atoms with Crippen LogP contribution in [0.3, 0.4) is 0 Å². The number of carboxylic acid groups (broad SMARTS) is 1. The maximum absolute atomic E-state index is 12.9. The highest BCUT2D eigenvalue weighted by Gasteiger charge is 2.58. The summed E-state index contributed by atoms with van der Waals surface area (Å²) in [6.07, 6.45) is -2.38. The lowest BCUT2D eigenvalue weighted by molar-refractivity contribution is -0.207. The van der Waals surface area contributed by atoms with Crippen LogP contribution >= 0.6 is 0 Å². The zero-order chi connectivity index (χ0) is 15.6. The summed E-state index contributed by atoms with van der Waals surface area (Å²) in [5, 5.41) is 10.7. The number of hydrogen-bond donors (Lipinski definition) is 2. The molecular formula is C12H19F3N2O3. The lowest BCUT2D eigenvalue weighted by Crippen LogP contribution is -2.65. The summed E-state index contributed by atoms with van der Waals surface area (Å²) in [7, 11) is 0. The van der Waals surface area contributed by atoms with E-state index in [9.17, 15) is 22.8 Å². The summed E-state index contributed by atoms with van der Waals surface area (Å²) in [6, 6.07) is -1.21. The van der Waals surface area contributed by atoms with Crippen molar-refractivity contribution < 1.29 is 27.9 Å². The van der Waals surface area contributed by atoms with E-state index < -0.39 is 29.6 Å². The molecule has 1 fully saturated rings. The maximum atomic E-state index is 12.9. The standard InChI is InChI=1S/C12H19F3N2O3/c1-8(9(18)17-6-4-3-5-7-17)16-11(2,10(19)20)12(13,14)15/h8,16H,3-7H2,1-2H3,(H,19,20). The van der Waals surface area contributed by atoms with Gasteiger partial charge in [-0.1, -0.05) is 0 Å². The second-order valence-electron chi connectivity index (χ2n) is 5.18. The van der Waals surface area contributed by atoms with Crippen LogP contribution in [0.1, 0.15) is 33.1 Å². The molecule has 0 saturated carbocycles. The largest absolute Gasteiger partial charge is 0.480 e. The SMILES string of the molecule is CC(NC(C)(C(=O)O)C(F)(F)F)C(=O)N1CCCCC1. The summed E-state index contributed by atoms with van der Waals surface area (Å²) in [5.74, 6) is -2.55. The second-order valence-corrected chi connectivity index (χ2v) is 5.18. The minimum atomic E-state index is -4.99. The predicted octanol–water partition coefficient (Wildman–Crippen LogP) is 1.38. The van der Waals surface area contributed by atoms with Crippen molar-refractivity contribution >= 4 is 11.9 Å². The molecule has 0 aromatic carbocycles. The van der Waals surface area contributed by atoms with E-state index in [1.807, 2.05) is 5.32 Å². The van der Waals surface area contributed by atoms with Crippen LogP contribution in [0.25, 0.3) is 0 Å². The molecule has 1 aliphatic heterocycles. The first-order valence-electron chi connectivity index (χ1n) is 6.46. The molecule has 2 atom stereocenters. The summed E-state index contributed by atoms with van der Waals surface area (Å²) in [6.45, 7) is 2.78. The molecule has 1 rings (SSSR count). The van der Waals surface area contributed by atoms with Crippen molar-refractivity contribution in [3.05, 3.63) is 0 Å². The van der Waals surface area contributed by atoms with Crippen LogP contribution < -0.4 is 5.32 Å². The number of piperidine rings is 1. The van der Waals surface area contributed by atoms with Crippen molar-refractivity contribution in [2.75, 3.05) is 13.1 Å². The Bertz CT molecular complexity index is 381. The fourth-order valence-electron chi connectivity index (χ4n) is 2.15. The van der Waals surface area contributed by atoms with Crippen LogP contribution in [0.15, 0.2) is 0 Å². The molecule has 8 heteroatoms. The number of carbonyl (C=O) groups is 2. The number of carbonyl (C=O) groups excluding carboxylic acids is 1. The monoisotopic (exact) mass is 296 g/mol. The molecule has 0 radical (unpaired) electrons. The number of alkyl halides is 3. The number of aliphatic carboxylic acids is 1. The van der Waals surface area contributed by atoms with Crippen molar-refractivity contribution in [2.24, 2.45) is 0 Å². The highest BCUT2D eigenvalue weighted by Crippen LogP contribution is 2.31. The molecule has 0 aromatic rings. The third kappa shape index (κ3) is 3.41. The van der Waals surface area contributed by atoms with Gasteiger partial charge in [0.1, 0.15) is 0 Å². The lowest BCUT2D eigenvalue weighted by atomic mass is 10.00. The number of amides is 1. The van der Waals surface area contributed by atoms with Crippen molar-refractivity contribution in [3.63, 3.8) is 0 Å². The molecule has 1 aliphatic rings. The Balaban J connectivity index is 2.78. The molecule has 2 N–H and O–H groups in total. The second kappa shape index (κ2) is 5.99. The first kappa shape index (κ1) is 16.7. The predicted molar refractivity (Wildman–Crippen MR) is 65.1 cm³/mol. The van der Waals surface area contributed by atoms with Gasteiger partial charge >= 0.3 is 12.1 Å². The Morgan fingerprint density at radius 1 is 1.20 bits per heavy atom. The first-order chi connectivity index (χ1) is 9.09. The van der Waals surface area contributed by atoms with E-state index in [-0.39, 0.29) is 0 Å². The number of halogens is 3. The van der Waals surface area contributed by atoms with Gasteiger partial charge in [0.25, 0.3) is 0 Å². The Hall–Kier alpha value is -1.31. The van der Waals surface area contributed by atoms with Crippen molar-refractivity contribution in [1.82, 2.24) is 10.2 Å². The number of nitrogens with one attached hydrogen (secondary N) is 1.